The minimum atomic E-state index is -0.315. The topological polar surface area (TPSA) is 9.23 Å². The Morgan fingerprint density at radius 2 is 1.83 bits per heavy atom. The summed E-state index contributed by atoms with van der Waals surface area (Å²) in [5.74, 6) is 0.214. The molecule has 2 aromatic carbocycles. The molecule has 18 heavy (non-hydrogen) atoms. The van der Waals surface area contributed by atoms with Crippen molar-refractivity contribution in [2.45, 2.75) is 13.5 Å². The summed E-state index contributed by atoms with van der Waals surface area (Å²) >= 11 is 11.7. The fourth-order valence-electron chi connectivity index (χ4n) is 1.52. The quantitative estimate of drug-likeness (QED) is 0.769. The van der Waals surface area contributed by atoms with Crippen LogP contribution in [-0.4, -0.2) is 0 Å². The Morgan fingerprint density at radius 1 is 1.06 bits per heavy atom. The van der Waals surface area contributed by atoms with Gasteiger partial charge < -0.3 is 4.74 Å². The standard InChI is InChI=1S/C14H11Cl2FO/c1-9-2-4-11(17)7-14(9)18-8-10-3-5-12(15)13(16)6-10/h2-7H,8H2,1H3. The van der Waals surface area contributed by atoms with Crippen LogP contribution in [0.25, 0.3) is 0 Å². The van der Waals surface area contributed by atoms with Crippen molar-refractivity contribution in [1.29, 1.82) is 0 Å². The van der Waals surface area contributed by atoms with Gasteiger partial charge in [0.2, 0.25) is 0 Å². The van der Waals surface area contributed by atoms with Gasteiger partial charge in [0.25, 0.3) is 0 Å². The molecule has 1 nitrogen and oxygen atoms in total. The summed E-state index contributed by atoms with van der Waals surface area (Å²) in [6.07, 6.45) is 0. The Balaban J connectivity index is 2.11. The minimum Gasteiger partial charge on any atom is -0.489 e. The van der Waals surface area contributed by atoms with Crippen molar-refractivity contribution in [1.82, 2.24) is 0 Å². The van der Waals surface area contributed by atoms with E-state index in [0.29, 0.717) is 22.4 Å². The third kappa shape index (κ3) is 3.15. The molecule has 0 spiro atoms. The molecule has 0 unspecified atom stereocenters. The van der Waals surface area contributed by atoms with Crippen LogP contribution in [0, 0.1) is 12.7 Å². The first-order valence-electron chi connectivity index (χ1n) is 5.39. The zero-order valence-electron chi connectivity index (χ0n) is 9.71. The number of hydrogen-bond acceptors (Lipinski definition) is 1. The number of hydrogen-bond donors (Lipinski definition) is 0. The summed E-state index contributed by atoms with van der Waals surface area (Å²) in [6, 6.07) is 9.72. The Hall–Kier alpha value is -1.25. The zero-order valence-corrected chi connectivity index (χ0v) is 11.2. The van der Waals surface area contributed by atoms with E-state index in [1.165, 1.54) is 12.1 Å². The lowest BCUT2D eigenvalue weighted by Gasteiger charge is -2.09. The zero-order chi connectivity index (χ0) is 13.1. The first-order chi connectivity index (χ1) is 8.56. The van der Waals surface area contributed by atoms with Crippen LogP contribution in [-0.2, 0) is 6.61 Å². The molecule has 0 radical (unpaired) electrons. The van der Waals surface area contributed by atoms with Crippen molar-refractivity contribution in [3.05, 3.63) is 63.4 Å². The molecule has 2 aromatic rings. The van der Waals surface area contributed by atoms with Gasteiger partial charge in [0.05, 0.1) is 10.0 Å². The second-order valence-electron chi connectivity index (χ2n) is 3.95. The highest BCUT2D eigenvalue weighted by Crippen LogP contribution is 2.24. The van der Waals surface area contributed by atoms with Crippen LogP contribution in [0.15, 0.2) is 36.4 Å². The summed E-state index contributed by atoms with van der Waals surface area (Å²) < 4.78 is 18.6. The fraction of sp³-hybridized carbons (Fsp3) is 0.143. The van der Waals surface area contributed by atoms with Gasteiger partial charge in [0, 0.05) is 6.07 Å². The van der Waals surface area contributed by atoms with Crippen molar-refractivity contribution in [2.24, 2.45) is 0 Å². The molecular formula is C14H11Cl2FO. The number of halogens is 3. The average molecular weight is 285 g/mol. The molecule has 0 atom stereocenters. The minimum absolute atomic E-state index is 0.315. The van der Waals surface area contributed by atoms with Gasteiger partial charge in [-0.2, -0.15) is 0 Å². The predicted octanol–water partition coefficient (Wildman–Crippen LogP) is 5.02. The summed E-state index contributed by atoms with van der Waals surface area (Å²) in [7, 11) is 0. The number of aryl methyl sites for hydroxylation is 1. The first-order valence-corrected chi connectivity index (χ1v) is 6.15. The third-order valence-corrected chi connectivity index (χ3v) is 3.27. The number of rotatable bonds is 3. The van der Waals surface area contributed by atoms with Gasteiger partial charge in [-0.05, 0) is 36.2 Å². The smallest absolute Gasteiger partial charge is 0.126 e. The van der Waals surface area contributed by atoms with E-state index in [1.807, 2.05) is 13.0 Å². The lowest BCUT2D eigenvalue weighted by atomic mass is 10.2. The van der Waals surface area contributed by atoms with Gasteiger partial charge in [0.1, 0.15) is 18.2 Å². The molecule has 0 aliphatic rings. The molecule has 0 amide bonds. The molecular weight excluding hydrogens is 274 g/mol. The van der Waals surface area contributed by atoms with Crippen molar-refractivity contribution in [3.63, 3.8) is 0 Å². The van der Waals surface area contributed by atoms with E-state index in [4.69, 9.17) is 27.9 Å². The van der Waals surface area contributed by atoms with E-state index < -0.39 is 0 Å². The molecule has 2 rings (SSSR count). The van der Waals surface area contributed by atoms with E-state index in [1.54, 1.807) is 18.2 Å². The van der Waals surface area contributed by atoms with Crippen molar-refractivity contribution >= 4 is 23.2 Å². The molecule has 94 valence electrons. The lowest BCUT2D eigenvalue weighted by Crippen LogP contribution is -1.97. The molecule has 0 aliphatic carbocycles. The van der Waals surface area contributed by atoms with Crippen LogP contribution in [0.3, 0.4) is 0 Å². The molecule has 0 bridgehead atoms. The SMILES string of the molecule is Cc1ccc(F)cc1OCc1ccc(Cl)c(Cl)c1. The van der Waals surface area contributed by atoms with Crippen LogP contribution < -0.4 is 4.74 Å². The second-order valence-corrected chi connectivity index (χ2v) is 4.76. The monoisotopic (exact) mass is 284 g/mol. The van der Waals surface area contributed by atoms with Crippen LogP contribution in [0.2, 0.25) is 10.0 Å². The van der Waals surface area contributed by atoms with Crippen LogP contribution >= 0.6 is 23.2 Å². The summed E-state index contributed by atoms with van der Waals surface area (Å²) in [4.78, 5) is 0. The van der Waals surface area contributed by atoms with Crippen LogP contribution in [0.1, 0.15) is 11.1 Å². The Bertz CT molecular complexity index is 570. The maximum atomic E-state index is 13.1. The number of ether oxygens (including phenoxy) is 1. The van der Waals surface area contributed by atoms with Gasteiger partial charge >= 0.3 is 0 Å². The fourth-order valence-corrected chi connectivity index (χ4v) is 1.84. The predicted molar refractivity (Wildman–Crippen MR) is 71.9 cm³/mol. The summed E-state index contributed by atoms with van der Waals surface area (Å²) in [6.45, 7) is 2.19. The van der Waals surface area contributed by atoms with E-state index in [2.05, 4.69) is 0 Å². The van der Waals surface area contributed by atoms with Gasteiger partial charge in [-0.15, -0.1) is 0 Å². The maximum Gasteiger partial charge on any atom is 0.126 e. The molecule has 0 aromatic heterocycles. The third-order valence-electron chi connectivity index (χ3n) is 2.53. The molecule has 0 fully saturated rings. The molecule has 0 saturated heterocycles. The molecule has 0 aliphatic heterocycles. The Morgan fingerprint density at radius 3 is 2.56 bits per heavy atom. The molecule has 0 heterocycles. The van der Waals surface area contributed by atoms with Crippen LogP contribution in [0.4, 0.5) is 4.39 Å². The largest absolute Gasteiger partial charge is 0.489 e. The van der Waals surface area contributed by atoms with Crippen LogP contribution in [0.5, 0.6) is 5.75 Å². The van der Waals surface area contributed by atoms with Gasteiger partial charge in [-0.3, -0.25) is 0 Å². The van der Waals surface area contributed by atoms with E-state index in [0.717, 1.165) is 11.1 Å². The first kappa shape index (κ1) is 13.2. The molecule has 0 saturated carbocycles. The highest BCUT2D eigenvalue weighted by molar-refractivity contribution is 6.42. The van der Waals surface area contributed by atoms with Gasteiger partial charge in [0.15, 0.2) is 0 Å². The molecule has 0 N–H and O–H groups in total. The Kier molecular flexibility index (Phi) is 4.10. The van der Waals surface area contributed by atoms with Crippen molar-refractivity contribution in [2.75, 3.05) is 0 Å². The van der Waals surface area contributed by atoms with Gasteiger partial charge in [-0.1, -0.05) is 35.3 Å². The summed E-state index contributed by atoms with van der Waals surface area (Å²) in [5.41, 5.74) is 1.77. The average Bonchev–Trinajstić information content (AvgIpc) is 2.34. The highest BCUT2D eigenvalue weighted by atomic mass is 35.5. The van der Waals surface area contributed by atoms with E-state index >= 15 is 0 Å². The highest BCUT2D eigenvalue weighted by Gasteiger charge is 2.04. The Labute approximate surface area is 115 Å². The van der Waals surface area contributed by atoms with E-state index in [-0.39, 0.29) is 5.82 Å². The second kappa shape index (κ2) is 5.59. The molecule has 4 heteroatoms. The lowest BCUT2D eigenvalue weighted by molar-refractivity contribution is 0.302. The van der Waals surface area contributed by atoms with Crippen molar-refractivity contribution < 1.29 is 9.13 Å². The van der Waals surface area contributed by atoms with E-state index in [9.17, 15) is 4.39 Å². The normalized spacial score (nSPS) is 10.4. The van der Waals surface area contributed by atoms with Crippen molar-refractivity contribution in [3.8, 4) is 5.75 Å². The maximum absolute atomic E-state index is 13.1. The number of benzene rings is 2. The summed E-state index contributed by atoms with van der Waals surface area (Å²) in [5, 5.41) is 0.982. The van der Waals surface area contributed by atoms with Gasteiger partial charge in [-0.25, -0.2) is 4.39 Å².